The third kappa shape index (κ3) is 2.52. The Morgan fingerprint density at radius 2 is 0.938 bits per heavy atom. The summed E-state index contributed by atoms with van der Waals surface area (Å²) in [6.07, 6.45) is 0. The molecule has 98 valence electrons. The first kappa shape index (κ1) is 16.1. The van der Waals surface area contributed by atoms with Gasteiger partial charge in [-0.25, -0.2) is 0 Å². The average molecular weight is 270 g/mol. The Kier molecular flexibility index (Phi) is 3.60. The average Bonchev–Trinajstić information content (AvgIpc) is 1.74. The van der Waals surface area contributed by atoms with Crippen LogP contribution in [0, 0.1) is 0 Å². The van der Waals surface area contributed by atoms with Gasteiger partial charge in [-0.1, -0.05) is 0 Å². The molecule has 0 fully saturated rings. The van der Waals surface area contributed by atoms with Crippen LogP contribution < -0.4 is 0 Å². The zero-order valence-electron chi connectivity index (χ0n) is 12.2. The Hall–Kier alpha value is 0.144. The van der Waals surface area contributed by atoms with Gasteiger partial charge in [-0.3, -0.25) is 0 Å². The van der Waals surface area contributed by atoms with E-state index in [9.17, 15) is 7.35 Å². The third-order valence-electron chi connectivity index (χ3n) is 2.75. The van der Waals surface area contributed by atoms with E-state index in [2.05, 4.69) is 0 Å². The van der Waals surface area contributed by atoms with Crippen molar-refractivity contribution in [2.24, 2.45) is 0 Å². The second kappa shape index (κ2) is 3.57. The van der Waals surface area contributed by atoms with Crippen molar-refractivity contribution in [2.45, 2.75) is 76.2 Å². The van der Waals surface area contributed by atoms with Crippen LogP contribution in [0.5, 0.6) is 0 Å². The van der Waals surface area contributed by atoms with Crippen molar-refractivity contribution in [3.8, 4) is 0 Å². The first-order valence-corrected chi connectivity index (χ1v) is 8.81. The van der Waals surface area contributed by atoms with E-state index < -0.39 is 27.0 Å². The molecule has 3 nitrogen and oxygen atoms in total. The van der Waals surface area contributed by atoms with Gasteiger partial charge in [0.15, 0.2) is 0 Å². The Labute approximate surface area is 100 Å². The summed E-state index contributed by atoms with van der Waals surface area (Å²) in [6.45, 7) is 15.6. The van der Waals surface area contributed by atoms with E-state index in [1.807, 2.05) is 0 Å². The molecule has 4 heteroatoms. The molecule has 0 unspecified atom stereocenters. The predicted molar refractivity (Wildman–Crippen MR) is 61.6 cm³/mol. The van der Waals surface area contributed by atoms with Crippen molar-refractivity contribution in [1.82, 2.24) is 0 Å². The molecule has 0 radical (unpaired) electrons. The molecule has 0 saturated carbocycles. The Bertz CT molecular complexity index is 357. The quantitative estimate of drug-likeness (QED) is 0.702. The monoisotopic (exact) mass is 270 g/mol. The number of hydrogen-bond donors (Lipinski definition) is 0. The molecule has 0 aliphatic rings. The second-order valence-corrected chi connectivity index (χ2v) is 14.7. The fraction of sp³-hybridized carbons (Fsp3) is 1.00. The van der Waals surface area contributed by atoms with Gasteiger partial charge in [0.25, 0.3) is 0 Å². The number of rotatable bonds is 1. The molecule has 0 atom stereocenters. The third-order valence-corrected chi connectivity index (χ3v) is 11.4. The van der Waals surface area contributed by atoms with Crippen LogP contribution in [0.2, 0.25) is 8.25 Å². The molecular weight excluding hydrogens is 243 g/mol. The Balaban J connectivity index is 6.00. The van der Waals surface area contributed by atoms with E-state index in [1.54, 1.807) is 62.3 Å². The topological polar surface area (TPSA) is 43.4 Å². The molecule has 0 aliphatic heterocycles. The summed E-state index contributed by atoms with van der Waals surface area (Å²) in [5, 5.41) is 0. The molecule has 0 spiro atoms. The summed E-state index contributed by atoms with van der Waals surface area (Å²) in [5.74, 6) is 0. The molecule has 16 heavy (non-hydrogen) atoms. The number of hydrogen-bond acceptors (Lipinski definition) is 3. The van der Waals surface area contributed by atoms with E-state index in [1.165, 1.54) is 0 Å². The summed E-state index contributed by atoms with van der Waals surface area (Å²) < 4.78 is 30.1. The summed E-state index contributed by atoms with van der Waals surface area (Å²) in [5.41, 5.74) is -0.685. The van der Waals surface area contributed by atoms with Gasteiger partial charge < -0.3 is 0 Å². The molecule has 0 heterocycles. The van der Waals surface area contributed by atoms with Crippen LogP contribution in [0.4, 0.5) is 0 Å². The molecule has 0 N–H and O–H groups in total. The zero-order chi connectivity index (χ0) is 13.7. The molecular formula is C12H27O3V. The van der Waals surface area contributed by atoms with Crippen molar-refractivity contribution in [3.05, 3.63) is 0 Å². The SMILES string of the molecule is CC(C)(C)[O][V](=[O])(=[O])([C](C)(C)C)[C](C)(C)C. The maximum absolute atomic E-state index is 13.1. The Morgan fingerprint density at radius 1 is 0.688 bits per heavy atom. The van der Waals surface area contributed by atoms with Crippen LogP contribution in [0.15, 0.2) is 0 Å². The fourth-order valence-electron chi connectivity index (χ4n) is 1.78. The molecule has 0 amide bonds. The van der Waals surface area contributed by atoms with Crippen LogP contribution in [0.25, 0.3) is 0 Å². The minimum absolute atomic E-state index is 0.685. The first-order chi connectivity index (χ1) is 6.51. The molecule has 0 rings (SSSR count). The van der Waals surface area contributed by atoms with Gasteiger partial charge in [0, 0.05) is 0 Å². The van der Waals surface area contributed by atoms with Gasteiger partial charge in [-0.2, -0.15) is 0 Å². The van der Waals surface area contributed by atoms with Crippen LogP contribution in [0.3, 0.4) is 0 Å². The predicted octanol–water partition coefficient (Wildman–Crippen LogP) is 4.53. The van der Waals surface area contributed by atoms with Crippen LogP contribution >= 0.6 is 0 Å². The van der Waals surface area contributed by atoms with Crippen LogP contribution in [-0.2, 0) is 24.1 Å². The molecule has 0 aliphatic carbocycles. The van der Waals surface area contributed by atoms with Crippen LogP contribution in [-0.4, -0.2) is 5.60 Å². The molecule has 0 aromatic rings. The van der Waals surface area contributed by atoms with Gasteiger partial charge in [-0.15, -0.1) is 0 Å². The normalized spacial score (nSPS) is 16.4. The van der Waals surface area contributed by atoms with Crippen molar-refractivity contribution in [1.29, 1.82) is 0 Å². The van der Waals surface area contributed by atoms with Gasteiger partial charge in [0.05, 0.1) is 0 Å². The van der Waals surface area contributed by atoms with E-state index in [0.29, 0.717) is 0 Å². The summed E-state index contributed by atoms with van der Waals surface area (Å²) in [6, 6.07) is 0. The minimum atomic E-state index is -5.40. The van der Waals surface area contributed by atoms with Gasteiger partial charge in [-0.05, 0) is 0 Å². The molecule has 0 bridgehead atoms. The standard InChI is InChI=1S/C4H9O.2C4H9.2O.V/c1-4(2,3)5;2*1-4(2)3;;;/h1-3H3;2*1-3H3;;;/q-1;;;;;+1. The zero-order valence-corrected chi connectivity index (χ0v) is 13.6. The molecule has 0 aromatic carbocycles. The van der Waals surface area contributed by atoms with Crippen LogP contribution in [0.1, 0.15) is 62.3 Å². The van der Waals surface area contributed by atoms with Gasteiger partial charge in [0.1, 0.15) is 0 Å². The Morgan fingerprint density at radius 3 is 1.00 bits per heavy atom. The molecule has 0 aromatic heterocycles. The second-order valence-electron chi connectivity index (χ2n) is 7.43. The van der Waals surface area contributed by atoms with Crippen molar-refractivity contribution >= 4 is 0 Å². The van der Waals surface area contributed by atoms with E-state index >= 15 is 0 Å². The van der Waals surface area contributed by atoms with E-state index in [-0.39, 0.29) is 0 Å². The first-order valence-electron chi connectivity index (χ1n) is 5.70. The summed E-state index contributed by atoms with van der Waals surface area (Å²) in [4.78, 5) is 0. The van der Waals surface area contributed by atoms with E-state index in [4.69, 9.17) is 3.66 Å². The van der Waals surface area contributed by atoms with Gasteiger partial charge in [0.2, 0.25) is 0 Å². The summed E-state index contributed by atoms with van der Waals surface area (Å²) in [7, 11) is 0. The van der Waals surface area contributed by atoms with Crippen molar-refractivity contribution < 1.29 is 24.1 Å². The van der Waals surface area contributed by atoms with E-state index in [0.717, 1.165) is 0 Å². The molecule has 0 saturated heterocycles. The summed E-state index contributed by atoms with van der Waals surface area (Å²) >= 11 is -5.40. The maximum atomic E-state index is 13.1. The van der Waals surface area contributed by atoms with Crippen molar-refractivity contribution in [3.63, 3.8) is 0 Å². The van der Waals surface area contributed by atoms with Crippen molar-refractivity contribution in [2.75, 3.05) is 0 Å². The van der Waals surface area contributed by atoms with Gasteiger partial charge >= 0.3 is 100 Å². The fourth-order valence-corrected chi connectivity index (χ4v) is 7.33.